The summed E-state index contributed by atoms with van der Waals surface area (Å²) in [5.74, 6) is -0.808. The van der Waals surface area contributed by atoms with E-state index in [4.69, 9.17) is 10.5 Å². The zero-order valence-corrected chi connectivity index (χ0v) is 18.7. The highest BCUT2D eigenvalue weighted by atomic mass is 16.6. The zero-order chi connectivity index (χ0) is 21.4. The molecular formula is C23H45NO4. The molecule has 0 heterocycles. The van der Waals surface area contributed by atoms with E-state index >= 15 is 0 Å². The van der Waals surface area contributed by atoms with Crippen molar-refractivity contribution in [3.63, 3.8) is 0 Å². The van der Waals surface area contributed by atoms with Crippen molar-refractivity contribution in [1.29, 1.82) is 0 Å². The molecule has 0 rings (SSSR count). The maximum Gasteiger partial charge on any atom is 0.337 e. The molecule has 0 spiro atoms. The lowest BCUT2D eigenvalue weighted by Crippen LogP contribution is -2.49. The molecule has 28 heavy (non-hydrogen) atoms. The van der Waals surface area contributed by atoms with Crippen LogP contribution in [0.15, 0.2) is 12.2 Å². The number of aliphatic hydroxyl groups excluding tert-OH is 2. The Bertz CT molecular complexity index is 417. The smallest absolute Gasteiger partial charge is 0.337 e. The lowest BCUT2D eigenvalue weighted by molar-refractivity contribution is -0.167. The Morgan fingerprint density at radius 2 is 1.39 bits per heavy atom. The number of carbonyl (C=O) groups excluding carboxylic acids is 1. The molecule has 0 aromatic rings. The van der Waals surface area contributed by atoms with Crippen molar-refractivity contribution in [3.8, 4) is 0 Å². The van der Waals surface area contributed by atoms with Crippen molar-refractivity contribution < 1.29 is 19.7 Å². The van der Waals surface area contributed by atoms with Crippen molar-refractivity contribution in [2.75, 3.05) is 0 Å². The Kier molecular flexibility index (Phi) is 15.4. The largest absolute Gasteiger partial charge is 0.458 e. The maximum absolute atomic E-state index is 11.8. The molecule has 4 N–H and O–H groups in total. The molecule has 0 bridgehead atoms. The molecule has 0 saturated heterocycles. The second kappa shape index (κ2) is 15.9. The minimum Gasteiger partial charge on any atom is -0.458 e. The van der Waals surface area contributed by atoms with Crippen LogP contribution in [0.3, 0.4) is 0 Å². The monoisotopic (exact) mass is 399 g/mol. The van der Waals surface area contributed by atoms with Crippen molar-refractivity contribution in [2.45, 2.75) is 129 Å². The Morgan fingerprint density at radius 3 is 1.86 bits per heavy atom. The van der Waals surface area contributed by atoms with E-state index in [0.29, 0.717) is 0 Å². The van der Waals surface area contributed by atoms with Crippen LogP contribution in [0, 0.1) is 0 Å². The summed E-state index contributed by atoms with van der Waals surface area (Å²) < 4.78 is 5.09. The van der Waals surface area contributed by atoms with Gasteiger partial charge in [0.25, 0.3) is 0 Å². The average molecular weight is 400 g/mol. The topological polar surface area (TPSA) is 92.8 Å². The second-order valence-electron chi connectivity index (χ2n) is 8.80. The van der Waals surface area contributed by atoms with Gasteiger partial charge in [0.2, 0.25) is 0 Å². The zero-order valence-electron chi connectivity index (χ0n) is 18.7. The molecular weight excluding hydrogens is 354 g/mol. The van der Waals surface area contributed by atoms with E-state index in [-0.39, 0.29) is 0 Å². The first kappa shape index (κ1) is 27.1. The van der Waals surface area contributed by atoms with Gasteiger partial charge in [0.05, 0.1) is 12.1 Å². The number of hydrogen-bond donors (Lipinski definition) is 3. The van der Waals surface area contributed by atoms with Gasteiger partial charge in [0.15, 0.2) is 6.10 Å². The standard InChI is InChI=1S/C23H45NO4/c1-5-6-7-8-9-10-11-12-13-14-15-16-17-18-19(25)20(24)21(26)22(27)28-23(2,3)4/h17-21,25-26H,5-16,24H2,1-4H3/t19-,20-,21?/m1/s1. The third-order valence-corrected chi connectivity index (χ3v) is 4.71. The third-order valence-electron chi connectivity index (χ3n) is 4.71. The second-order valence-corrected chi connectivity index (χ2v) is 8.80. The molecule has 0 saturated carbocycles. The number of rotatable bonds is 16. The van der Waals surface area contributed by atoms with Crippen molar-refractivity contribution in [2.24, 2.45) is 5.73 Å². The summed E-state index contributed by atoms with van der Waals surface area (Å²) in [6.45, 7) is 7.39. The van der Waals surface area contributed by atoms with Crippen LogP contribution < -0.4 is 5.73 Å². The molecule has 0 aliphatic rings. The van der Waals surface area contributed by atoms with Gasteiger partial charge < -0.3 is 20.7 Å². The van der Waals surface area contributed by atoms with E-state index in [0.717, 1.165) is 12.8 Å². The van der Waals surface area contributed by atoms with Gasteiger partial charge in [-0.25, -0.2) is 4.79 Å². The summed E-state index contributed by atoms with van der Waals surface area (Å²) in [5, 5.41) is 20.0. The lowest BCUT2D eigenvalue weighted by Gasteiger charge is -2.25. The number of hydrogen-bond acceptors (Lipinski definition) is 5. The molecule has 0 aliphatic carbocycles. The predicted octanol–water partition coefficient (Wildman–Crippen LogP) is 4.63. The molecule has 166 valence electrons. The number of ether oxygens (including phenoxy) is 1. The minimum atomic E-state index is -1.54. The molecule has 3 atom stereocenters. The number of nitrogens with two attached hydrogens (primary N) is 1. The van der Waals surface area contributed by atoms with Gasteiger partial charge in [-0.05, 0) is 33.6 Å². The van der Waals surface area contributed by atoms with Crippen LogP contribution in [0.2, 0.25) is 0 Å². The van der Waals surface area contributed by atoms with Crippen molar-refractivity contribution in [3.05, 3.63) is 12.2 Å². The van der Waals surface area contributed by atoms with Gasteiger partial charge in [0, 0.05) is 0 Å². The van der Waals surface area contributed by atoms with E-state index in [9.17, 15) is 15.0 Å². The molecule has 0 amide bonds. The van der Waals surface area contributed by atoms with Gasteiger partial charge in [-0.2, -0.15) is 0 Å². The highest BCUT2D eigenvalue weighted by Crippen LogP contribution is 2.13. The molecule has 0 aromatic carbocycles. The Labute approximate surface area is 172 Å². The van der Waals surface area contributed by atoms with E-state index in [1.54, 1.807) is 26.8 Å². The normalized spacial score (nSPS) is 15.5. The van der Waals surface area contributed by atoms with Crippen LogP contribution in [-0.4, -0.2) is 40.0 Å². The van der Waals surface area contributed by atoms with Crippen LogP contribution >= 0.6 is 0 Å². The Balaban J connectivity index is 3.76. The molecule has 1 unspecified atom stereocenters. The minimum absolute atomic E-state index is 0.701. The fourth-order valence-electron chi connectivity index (χ4n) is 3.00. The summed E-state index contributed by atoms with van der Waals surface area (Å²) >= 11 is 0. The first-order valence-corrected chi connectivity index (χ1v) is 11.2. The van der Waals surface area contributed by atoms with Gasteiger partial charge in [0.1, 0.15) is 5.60 Å². The van der Waals surface area contributed by atoms with Gasteiger partial charge in [-0.15, -0.1) is 0 Å². The molecule has 0 fully saturated rings. The number of unbranched alkanes of at least 4 members (excludes halogenated alkanes) is 11. The summed E-state index contributed by atoms with van der Waals surface area (Å²) in [4.78, 5) is 11.8. The first-order valence-electron chi connectivity index (χ1n) is 11.2. The van der Waals surface area contributed by atoms with Crippen LogP contribution in [-0.2, 0) is 9.53 Å². The number of carbonyl (C=O) groups is 1. The van der Waals surface area contributed by atoms with Gasteiger partial charge in [-0.3, -0.25) is 0 Å². The van der Waals surface area contributed by atoms with E-state index in [2.05, 4.69) is 6.92 Å². The molecule has 0 radical (unpaired) electrons. The number of allylic oxidation sites excluding steroid dienone is 1. The van der Waals surface area contributed by atoms with Gasteiger partial charge in [-0.1, -0.05) is 83.3 Å². The SMILES string of the molecule is CCCCCCCCCCCCCC=C[C@@H](O)[C@@H](N)C(O)C(=O)OC(C)(C)C. The van der Waals surface area contributed by atoms with Crippen LogP contribution in [0.5, 0.6) is 0 Å². The van der Waals surface area contributed by atoms with E-state index in [1.807, 2.05) is 6.08 Å². The summed E-state index contributed by atoms with van der Waals surface area (Å²) in [5.41, 5.74) is 5.07. The van der Waals surface area contributed by atoms with Crippen LogP contribution in [0.25, 0.3) is 0 Å². The quantitative estimate of drug-likeness (QED) is 0.200. The summed E-state index contributed by atoms with van der Waals surface area (Å²) in [6.07, 6.45) is 16.0. The Morgan fingerprint density at radius 1 is 0.929 bits per heavy atom. The highest BCUT2D eigenvalue weighted by Gasteiger charge is 2.31. The van der Waals surface area contributed by atoms with E-state index < -0.39 is 29.8 Å². The third kappa shape index (κ3) is 15.1. The Hall–Kier alpha value is -0.910. The number of aliphatic hydroxyl groups is 2. The maximum atomic E-state index is 11.8. The van der Waals surface area contributed by atoms with E-state index in [1.165, 1.54) is 64.2 Å². The lowest BCUT2D eigenvalue weighted by atomic mass is 10.0. The van der Waals surface area contributed by atoms with Crippen LogP contribution in [0.1, 0.15) is 105 Å². The van der Waals surface area contributed by atoms with Crippen molar-refractivity contribution in [1.82, 2.24) is 0 Å². The molecule has 5 heteroatoms. The molecule has 0 aromatic heterocycles. The molecule has 5 nitrogen and oxygen atoms in total. The summed E-state index contributed by atoms with van der Waals surface area (Å²) in [7, 11) is 0. The van der Waals surface area contributed by atoms with Gasteiger partial charge >= 0.3 is 5.97 Å². The molecule has 0 aliphatic heterocycles. The first-order chi connectivity index (χ1) is 13.2. The average Bonchev–Trinajstić information content (AvgIpc) is 2.62. The predicted molar refractivity (Wildman–Crippen MR) is 116 cm³/mol. The van der Waals surface area contributed by atoms with Crippen molar-refractivity contribution >= 4 is 5.97 Å². The number of esters is 1. The summed E-state index contributed by atoms with van der Waals surface area (Å²) in [6, 6.07) is -1.09. The highest BCUT2D eigenvalue weighted by molar-refractivity contribution is 5.75. The van der Waals surface area contributed by atoms with Crippen LogP contribution in [0.4, 0.5) is 0 Å². The fourth-order valence-corrected chi connectivity index (χ4v) is 3.00. The fraction of sp³-hybridized carbons (Fsp3) is 0.870.